The van der Waals surface area contributed by atoms with Crippen LogP contribution in [0.25, 0.3) is 0 Å². The zero-order chi connectivity index (χ0) is 11.9. The van der Waals surface area contributed by atoms with Crippen LogP contribution in [0.3, 0.4) is 0 Å². The number of ether oxygens (including phenoxy) is 1. The normalized spacial score (nSPS) is 15.3. The van der Waals surface area contributed by atoms with Gasteiger partial charge in [0.15, 0.2) is 0 Å². The Labute approximate surface area is 88.2 Å². The van der Waals surface area contributed by atoms with Gasteiger partial charge in [0, 0.05) is 6.61 Å². The average Bonchev–Trinajstić information content (AvgIpc) is 2.12. The number of alkyl halides is 2. The van der Waals surface area contributed by atoms with Crippen LogP contribution in [-0.2, 0) is 9.53 Å². The van der Waals surface area contributed by atoms with Crippen LogP contribution in [-0.4, -0.2) is 37.6 Å². The van der Waals surface area contributed by atoms with Gasteiger partial charge in [0.1, 0.15) is 6.61 Å². The Hall–Kier alpha value is -0.750. The van der Waals surface area contributed by atoms with E-state index in [2.05, 4.69) is 10.1 Å². The van der Waals surface area contributed by atoms with Gasteiger partial charge in [0.2, 0.25) is 5.91 Å². The molecule has 0 rings (SSSR count). The molecule has 0 fully saturated rings. The maximum absolute atomic E-state index is 11.7. The first-order valence-corrected chi connectivity index (χ1v) is 4.83. The van der Waals surface area contributed by atoms with Crippen LogP contribution in [0.1, 0.15) is 20.3 Å². The van der Waals surface area contributed by atoms with Crippen LogP contribution in [0, 0.1) is 0 Å². The number of halogens is 2. The summed E-state index contributed by atoms with van der Waals surface area (Å²) >= 11 is 0. The van der Waals surface area contributed by atoms with Crippen molar-refractivity contribution in [2.24, 2.45) is 5.73 Å². The highest BCUT2D eigenvalue weighted by atomic mass is 19.3. The molecule has 0 saturated heterocycles. The molecule has 0 aliphatic rings. The van der Waals surface area contributed by atoms with E-state index in [1.807, 2.05) is 6.92 Å². The van der Waals surface area contributed by atoms with Crippen LogP contribution in [0.5, 0.6) is 0 Å². The van der Waals surface area contributed by atoms with Crippen LogP contribution in [0.15, 0.2) is 0 Å². The van der Waals surface area contributed by atoms with Gasteiger partial charge >= 0.3 is 0 Å². The molecule has 0 saturated carbocycles. The molecular formula is C9H18F2N2O2. The molecule has 90 valence electrons. The van der Waals surface area contributed by atoms with E-state index >= 15 is 0 Å². The van der Waals surface area contributed by atoms with Crippen LogP contribution >= 0.6 is 0 Å². The predicted molar refractivity (Wildman–Crippen MR) is 52.7 cm³/mol. The molecule has 3 N–H and O–H groups in total. The summed E-state index contributed by atoms with van der Waals surface area (Å²) in [5, 5.41) is 2.90. The number of nitrogens with two attached hydrogens (primary N) is 1. The summed E-state index contributed by atoms with van der Waals surface area (Å²) in [4.78, 5) is 11.1. The van der Waals surface area contributed by atoms with Crippen molar-refractivity contribution in [3.63, 3.8) is 0 Å². The Morgan fingerprint density at radius 1 is 1.60 bits per heavy atom. The van der Waals surface area contributed by atoms with Crippen LogP contribution in [0.4, 0.5) is 8.78 Å². The van der Waals surface area contributed by atoms with E-state index in [-0.39, 0.29) is 13.0 Å². The highest BCUT2D eigenvalue weighted by molar-refractivity contribution is 5.84. The minimum atomic E-state index is -2.48. The van der Waals surface area contributed by atoms with E-state index in [1.165, 1.54) is 0 Å². The molecule has 0 aromatic carbocycles. The zero-order valence-corrected chi connectivity index (χ0v) is 9.06. The molecular weight excluding hydrogens is 206 g/mol. The summed E-state index contributed by atoms with van der Waals surface area (Å²) in [5.41, 5.74) is 4.30. The topological polar surface area (TPSA) is 64.3 Å². The van der Waals surface area contributed by atoms with Crippen LogP contribution in [0.2, 0.25) is 0 Å². The molecule has 0 aliphatic heterocycles. The molecule has 1 atom stereocenters. The molecule has 15 heavy (non-hydrogen) atoms. The van der Waals surface area contributed by atoms with E-state index < -0.39 is 24.5 Å². The summed E-state index contributed by atoms with van der Waals surface area (Å²) in [6.45, 7) is 3.51. The monoisotopic (exact) mass is 224 g/mol. The predicted octanol–water partition coefficient (Wildman–Crippen LogP) is 0.512. The number of rotatable bonds is 8. The number of nitrogens with one attached hydrogen (secondary N) is 1. The van der Waals surface area contributed by atoms with Gasteiger partial charge in [0.25, 0.3) is 6.43 Å². The smallest absolute Gasteiger partial charge is 0.261 e. The Morgan fingerprint density at radius 3 is 2.60 bits per heavy atom. The van der Waals surface area contributed by atoms with E-state index in [1.54, 1.807) is 6.92 Å². The lowest BCUT2D eigenvalue weighted by molar-refractivity contribution is -0.124. The molecule has 6 heteroatoms. The molecule has 0 radical (unpaired) electrons. The maximum Gasteiger partial charge on any atom is 0.261 e. The number of primary amides is 1. The highest BCUT2D eigenvalue weighted by Gasteiger charge is 2.29. The second-order valence-corrected chi connectivity index (χ2v) is 3.44. The van der Waals surface area contributed by atoms with Crippen molar-refractivity contribution in [2.45, 2.75) is 32.2 Å². The summed E-state index contributed by atoms with van der Waals surface area (Å²) in [7, 11) is 0. The minimum Gasteiger partial charge on any atom is -0.375 e. The third kappa shape index (κ3) is 5.64. The first-order chi connectivity index (χ1) is 6.92. The van der Waals surface area contributed by atoms with Crippen molar-refractivity contribution in [1.29, 1.82) is 0 Å². The number of amides is 1. The fourth-order valence-electron chi connectivity index (χ4n) is 1.14. The van der Waals surface area contributed by atoms with Gasteiger partial charge in [-0.1, -0.05) is 6.92 Å². The standard InChI is InChI=1S/C9H18F2N2O2/c1-3-13-9(2,8(12)14)4-5-15-6-7(10)11/h7,13H,3-6H2,1-2H3,(H2,12,14). The largest absolute Gasteiger partial charge is 0.375 e. The van der Waals surface area contributed by atoms with Crippen molar-refractivity contribution in [3.8, 4) is 0 Å². The van der Waals surface area contributed by atoms with E-state index in [0.717, 1.165) is 0 Å². The summed E-state index contributed by atoms with van der Waals surface area (Å²) in [5.74, 6) is -0.509. The Bertz CT molecular complexity index is 203. The molecule has 0 heterocycles. The lowest BCUT2D eigenvalue weighted by atomic mass is 9.97. The summed E-state index contributed by atoms with van der Waals surface area (Å²) < 4.78 is 28.1. The van der Waals surface area contributed by atoms with Gasteiger partial charge < -0.3 is 15.8 Å². The molecule has 0 aromatic rings. The van der Waals surface area contributed by atoms with Crippen molar-refractivity contribution >= 4 is 5.91 Å². The van der Waals surface area contributed by atoms with Crippen molar-refractivity contribution in [2.75, 3.05) is 19.8 Å². The summed E-state index contributed by atoms with van der Waals surface area (Å²) in [6.07, 6.45) is -2.20. The number of carbonyl (C=O) groups excluding carboxylic acids is 1. The minimum absolute atomic E-state index is 0.0801. The van der Waals surface area contributed by atoms with Gasteiger partial charge in [-0.2, -0.15) is 0 Å². The zero-order valence-electron chi connectivity index (χ0n) is 9.06. The average molecular weight is 224 g/mol. The molecule has 1 amide bonds. The Balaban J connectivity index is 3.92. The molecule has 0 aromatic heterocycles. The van der Waals surface area contributed by atoms with Crippen molar-refractivity contribution in [1.82, 2.24) is 5.32 Å². The lowest BCUT2D eigenvalue weighted by Gasteiger charge is -2.26. The van der Waals surface area contributed by atoms with Crippen LogP contribution < -0.4 is 11.1 Å². The highest BCUT2D eigenvalue weighted by Crippen LogP contribution is 2.09. The third-order valence-electron chi connectivity index (χ3n) is 2.10. The maximum atomic E-state index is 11.7. The second-order valence-electron chi connectivity index (χ2n) is 3.44. The lowest BCUT2D eigenvalue weighted by Crippen LogP contribution is -2.53. The van der Waals surface area contributed by atoms with Gasteiger partial charge in [-0.3, -0.25) is 4.79 Å². The second kappa shape index (κ2) is 6.68. The van der Waals surface area contributed by atoms with Gasteiger partial charge in [-0.25, -0.2) is 8.78 Å². The third-order valence-corrected chi connectivity index (χ3v) is 2.10. The van der Waals surface area contributed by atoms with Crippen molar-refractivity contribution in [3.05, 3.63) is 0 Å². The van der Waals surface area contributed by atoms with E-state index in [0.29, 0.717) is 6.54 Å². The fraction of sp³-hybridized carbons (Fsp3) is 0.889. The SMILES string of the molecule is CCNC(C)(CCOCC(F)F)C(N)=O. The molecule has 1 unspecified atom stereocenters. The quantitative estimate of drug-likeness (QED) is 0.590. The molecule has 0 spiro atoms. The number of hydrogen-bond acceptors (Lipinski definition) is 3. The van der Waals surface area contributed by atoms with Crippen molar-refractivity contribution < 1.29 is 18.3 Å². The van der Waals surface area contributed by atoms with E-state index in [9.17, 15) is 13.6 Å². The first-order valence-electron chi connectivity index (χ1n) is 4.83. The number of likely N-dealkylation sites (N-methyl/N-ethyl adjacent to an activating group) is 1. The first kappa shape index (κ1) is 14.2. The molecule has 4 nitrogen and oxygen atoms in total. The Morgan fingerprint density at radius 2 is 2.20 bits per heavy atom. The van der Waals surface area contributed by atoms with E-state index in [4.69, 9.17) is 5.73 Å². The Kier molecular flexibility index (Phi) is 6.35. The van der Waals surface area contributed by atoms with Gasteiger partial charge in [-0.05, 0) is 19.9 Å². The molecule has 0 aliphatic carbocycles. The summed E-state index contributed by atoms with van der Waals surface area (Å²) in [6, 6.07) is 0. The van der Waals surface area contributed by atoms with Gasteiger partial charge in [-0.15, -0.1) is 0 Å². The molecule has 0 bridgehead atoms. The number of carbonyl (C=O) groups is 1. The fourth-order valence-corrected chi connectivity index (χ4v) is 1.14. The van der Waals surface area contributed by atoms with Gasteiger partial charge in [0.05, 0.1) is 5.54 Å². The number of hydrogen-bond donors (Lipinski definition) is 2.